The fourth-order valence-electron chi connectivity index (χ4n) is 2.56. The Labute approximate surface area is 120 Å². The average Bonchev–Trinajstić information content (AvgIpc) is 2.83. The summed E-state index contributed by atoms with van der Waals surface area (Å²) in [5, 5.41) is 22.6. The highest BCUT2D eigenvalue weighted by Crippen LogP contribution is 2.36. The van der Waals surface area contributed by atoms with Gasteiger partial charge >= 0.3 is 0 Å². The fraction of sp³-hybridized carbons (Fsp3) is 0.462. The van der Waals surface area contributed by atoms with E-state index in [2.05, 4.69) is 21.8 Å². The minimum atomic E-state index is -0.347. The van der Waals surface area contributed by atoms with Crippen LogP contribution in [0.4, 0.5) is 11.4 Å². The van der Waals surface area contributed by atoms with Gasteiger partial charge in [-0.2, -0.15) is 16.9 Å². The van der Waals surface area contributed by atoms with Gasteiger partial charge in [-0.05, 0) is 31.1 Å². The maximum Gasteiger partial charge on any atom is 0.293 e. The first-order valence-corrected chi connectivity index (χ1v) is 7.84. The SMILES string of the molecule is CSC1CC(CNc2cc3[nH]ncc3cc2[N+](=O)[O-])C1. The lowest BCUT2D eigenvalue weighted by atomic mass is 9.84. The second-order valence-electron chi connectivity index (χ2n) is 5.16. The molecule has 7 heteroatoms. The predicted octanol–water partition coefficient (Wildman–Crippen LogP) is 3.02. The van der Waals surface area contributed by atoms with Crippen molar-refractivity contribution in [3.63, 3.8) is 0 Å². The van der Waals surface area contributed by atoms with E-state index >= 15 is 0 Å². The Kier molecular flexibility index (Phi) is 3.52. The number of hydrogen-bond acceptors (Lipinski definition) is 5. The number of nitro benzene ring substituents is 1. The summed E-state index contributed by atoms with van der Waals surface area (Å²) in [5.74, 6) is 0.615. The highest BCUT2D eigenvalue weighted by Gasteiger charge is 2.28. The van der Waals surface area contributed by atoms with Crippen LogP contribution in [-0.4, -0.2) is 33.2 Å². The van der Waals surface area contributed by atoms with Crippen LogP contribution in [0.25, 0.3) is 10.9 Å². The van der Waals surface area contributed by atoms with Gasteiger partial charge in [0.2, 0.25) is 0 Å². The smallest absolute Gasteiger partial charge is 0.293 e. The van der Waals surface area contributed by atoms with Crippen molar-refractivity contribution in [2.75, 3.05) is 18.1 Å². The Morgan fingerprint density at radius 3 is 3.05 bits per heavy atom. The molecule has 0 spiro atoms. The zero-order valence-corrected chi connectivity index (χ0v) is 11.9. The largest absolute Gasteiger partial charge is 0.379 e. The summed E-state index contributed by atoms with van der Waals surface area (Å²) in [6.07, 6.45) is 6.11. The van der Waals surface area contributed by atoms with Crippen molar-refractivity contribution < 1.29 is 4.92 Å². The number of nitrogens with one attached hydrogen (secondary N) is 2. The number of aromatic amines is 1. The lowest BCUT2D eigenvalue weighted by Gasteiger charge is -2.34. The third-order valence-electron chi connectivity index (χ3n) is 3.86. The number of rotatable bonds is 5. The Balaban J connectivity index is 1.75. The molecule has 1 aliphatic carbocycles. The molecule has 0 amide bonds. The van der Waals surface area contributed by atoms with E-state index in [9.17, 15) is 10.1 Å². The zero-order chi connectivity index (χ0) is 14.1. The zero-order valence-electron chi connectivity index (χ0n) is 11.1. The second-order valence-corrected chi connectivity index (χ2v) is 6.30. The molecule has 0 unspecified atom stereocenters. The summed E-state index contributed by atoms with van der Waals surface area (Å²) < 4.78 is 0. The number of anilines is 1. The van der Waals surface area contributed by atoms with E-state index in [1.807, 2.05) is 11.8 Å². The van der Waals surface area contributed by atoms with Crippen molar-refractivity contribution in [1.82, 2.24) is 10.2 Å². The minimum Gasteiger partial charge on any atom is -0.379 e. The van der Waals surface area contributed by atoms with Crippen molar-refractivity contribution in [3.8, 4) is 0 Å². The van der Waals surface area contributed by atoms with E-state index in [1.165, 1.54) is 12.8 Å². The molecule has 0 aliphatic heterocycles. The van der Waals surface area contributed by atoms with Crippen LogP contribution in [0.1, 0.15) is 12.8 Å². The van der Waals surface area contributed by atoms with E-state index in [4.69, 9.17) is 0 Å². The maximum absolute atomic E-state index is 11.1. The second kappa shape index (κ2) is 5.32. The molecule has 1 fully saturated rings. The summed E-state index contributed by atoms with van der Waals surface area (Å²) in [5.41, 5.74) is 1.49. The van der Waals surface area contributed by atoms with E-state index in [1.54, 1.807) is 18.3 Å². The molecule has 106 valence electrons. The summed E-state index contributed by atoms with van der Waals surface area (Å²) >= 11 is 1.90. The fourth-order valence-corrected chi connectivity index (χ4v) is 3.49. The predicted molar refractivity (Wildman–Crippen MR) is 81.3 cm³/mol. The number of thioether (sulfide) groups is 1. The van der Waals surface area contributed by atoms with Gasteiger partial charge in [0.05, 0.1) is 16.6 Å². The molecule has 2 N–H and O–H groups in total. The van der Waals surface area contributed by atoms with Crippen LogP contribution in [0.15, 0.2) is 18.3 Å². The number of nitro groups is 1. The van der Waals surface area contributed by atoms with Crippen LogP contribution in [0.2, 0.25) is 0 Å². The van der Waals surface area contributed by atoms with Gasteiger partial charge in [0.25, 0.3) is 5.69 Å². The molecule has 0 saturated heterocycles. The van der Waals surface area contributed by atoms with Gasteiger partial charge in [-0.15, -0.1) is 0 Å². The molecule has 1 aromatic heterocycles. The van der Waals surface area contributed by atoms with E-state index in [-0.39, 0.29) is 10.6 Å². The highest BCUT2D eigenvalue weighted by molar-refractivity contribution is 7.99. The standard InChI is InChI=1S/C13H16N4O2S/c1-20-10-2-8(3-10)6-14-12-5-11-9(7-15-16-11)4-13(12)17(18)19/h4-5,7-8,10,14H,2-3,6H2,1H3,(H,15,16). The monoisotopic (exact) mass is 292 g/mol. The van der Waals surface area contributed by atoms with Crippen molar-refractivity contribution in [3.05, 3.63) is 28.4 Å². The first-order chi connectivity index (χ1) is 9.67. The van der Waals surface area contributed by atoms with E-state index in [0.717, 1.165) is 22.7 Å². The molecule has 20 heavy (non-hydrogen) atoms. The quantitative estimate of drug-likeness (QED) is 0.653. The Hall–Kier alpha value is -1.76. The number of hydrogen-bond donors (Lipinski definition) is 2. The van der Waals surface area contributed by atoms with E-state index < -0.39 is 0 Å². The van der Waals surface area contributed by atoms with E-state index in [0.29, 0.717) is 11.6 Å². The highest BCUT2D eigenvalue weighted by atomic mass is 32.2. The maximum atomic E-state index is 11.1. The first-order valence-electron chi connectivity index (χ1n) is 6.55. The molecule has 1 aliphatic rings. The number of H-pyrrole nitrogens is 1. The normalized spacial score (nSPS) is 21.6. The third-order valence-corrected chi connectivity index (χ3v) is 4.91. The van der Waals surface area contributed by atoms with Crippen LogP contribution in [-0.2, 0) is 0 Å². The number of benzene rings is 1. The lowest BCUT2D eigenvalue weighted by Crippen LogP contribution is -2.31. The molecule has 1 saturated carbocycles. The lowest BCUT2D eigenvalue weighted by molar-refractivity contribution is -0.383. The van der Waals surface area contributed by atoms with Gasteiger partial charge in [-0.3, -0.25) is 15.2 Å². The Morgan fingerprint density at radius 1 is 1.55 bits per heavy atom. The van der Waals surface area contributed by atoms with Crippen LogP contribution in [0.3, 0.4) is 0 Å². The van der Waals surface area contributed by atoms with Crippen molar-refractivity contribution in [1.29, 1.82) is 0 Å². The minimum absolute atomic E-state index is 0.111. The molecule has 3 rings (SSSR count). The molecule has 2 aromatic rings. The van der Waals surface area contributed by atoms with Crippen molar-refractivity contribution in [2.24, 2.45) is 5.92 Å². The summed E-state index contributed by atoms with van der Waals surface area (Å²) in [4.78, 5) is 10.8. The number of fused-ring (bicyclic) bond motifs is 1. The van der Waals surface area contributed by atoms with Gasteiger partial charge in [-0.1, -0.05) is 0 Å². The van der Waals surface area contributed by atoms with Gasteiger partial charge < -0.3 is 5.32 Å². The molecular weight excluding hydrogens is 276 g/mol. The van der Waals surface area contributed by atoms with Crippen LogP contribution in [0.5, 0.6) is 0 Å². The molecule has 1 aromatic carbocycles. The molecule has 0 atom stereocenters. The van der Waals surface area contributed by atoms with Crippen LogP contribution < -0.4 is 5.32 Å². The molecule has 0 bridgehead atoms. The first kappa shape index (κ1) is 13.2. The number of nitrogens with zero attached hydrogens (tertiary/aromatic N) is 2. The molecule has 1 heterocycles. The van der Waals surface area contributed by atoms with Crippen molar-refractivity contribution in [2.45, 2.75) is 18.1 Å². The Morgan fingerprint density at radius 2 is 2.35 bits per heavy atom. The third kappa shape index (κ3) is 2.45. The molecule has 0 radical (unpaired) electrons. The van der Waals surface area contributed by atoms with Crippen molar-refractivity contribution >= 4 is 34.0 Å². The van der Waals surface area contributed by atoms with Crippen LogP contribution in [0, 0.1) is 16.0 Å². The van der Waals surface area contributed by atoms with Gasteiger partial charge in [0, 0.05) is 23.2 Å². The van der Waals surface area contributed by atoms with Crippen LogP contribution >= 0.6 is 11.8 Å². The van der Waals surface area contributed by atoms with Gasteiger partial charge in [0.15, 0.2) is 0 Å². The summed E-state index contributed by atoms with van der Waals surface area (Å²) in [6.45, 7) is 0.789. The number of aromatic nitrogens is 2. The van der Waals surface area contributed by atoms with Gasteiger partial charge in [0.1, 0.15) is 5.69 Å². The average molecular weight is 292 g/mol. The Bertz CT molecular complexity index is 636. The summed E-state index contributed by atoms with van der Waals surface area (Å²) in [6, 6.07) is 3.33. The molecular formula is C13H16N4O2S. The topological polar surface area (TPSA) is 83.8 Å². The van der Waals surface area contributed by atoms with Gasteiger partial charge in [-0.25, -0.2) is 0 Å². The summed E-state index contributed by atoms with van der Waals surface area (Å²) in [7, 11) is 0. The molecule has 6 nitrogen and oxygen atoms in total.